The fourth-order valence-corrected chi connectivity index (χ4v) is 1.88. The summed E-state index contributed by atoms with van der Waals surface area (Å²) in [4.78, 5) is 20.5. The van der Waals surface area contributed by atoms with E-state index < -0.39 is 5.54 Å². The topological polar surface area (TPSA) is 72.7 Å². The van der Waals surface area contributed by atoms with Gasteiger partial charge in [0.05, 0.1) is 0 Å². The number of nitrogens with zero attached hydrogens (tertiary/aromatic N) is 4. The summed E-state index contributed by atoms with van der Waals surface area (Å²) in [5.74, 6) is -0.0913. The lowest BCUT2D eigenvalue weighted by molar-refractivity contribution is -0.129. The number of aromatic nitrogens is 4. The predicted molar refractivity (Wildman–Crippen MR) is 74.9 cm³/mol. The van der Waals surface area contributed by atoms with E-state index in [0.29, 0.717) is 6.42 Å². The van der Waals surface area contributed by atoms with Crippen molar-refractivity contribution in [3.63, 3.8) is 0 Å². The van der Waals surface area contributed by atoms with Crippen LogP contribution in [0, 0.1) is 0 Å². The van der Waals surface area contributed by atoms with Crippen LogP contribution in [0.25, 0.3) is 0 Å². The minimum absolute atomic E-state index is 0.000182. The zero-order valence-electron chi connectivity index (χ0n) is 11.9. The zero-order valence-corrected chi connectivity index (χ0v) is 11.9. The first-order chi connectivity index (χ1) is 9.50. The van der Waals surface area contributed by atoms with Crippen molar-refractivity contribution in [2.24, 2.45) is 0 Å². The molecular formula is C14H19N5O. The molecule has 6 heteroatoms. The number of nitrogens with one attached hydrogen (secondary N) is 1. The molecule has 0 aromatic carbocycles. The molecule has 2 aromatic heterocycles. The van der Waals surface area contributed by atoms with Gasteiger partial charge in [-0.25, -0.2) is 9.67 Å². The summed E-state index contributed by atoms with van der Waals surface area (Å²) in [5, 5.41) is 7.02. The van der Waals surface area contributed by atoms with Crippen molar-refractivity contribution in [1.82, 2.24) is 25.1 Å². The van der Waals surface area contributed by atoms with Crippen LogP contribution >= 0.6 is 0 Å². The van der Waals surface area contributed by atoms with Gasteiger partial charge in [0.1, 0.15) is 18.2 Å². The molecule has 2 aromatic rings. The minimum Gasteiger partial charge on any atom is -0.351 e. The van der Waals surface area contributed by atoms with Crippen molar-refractivity contribution < 1.29 is 4.79 Å². The maximum Gasteiger partial charge on any atom is 0.247 e. The standard InChI is InChI=1S/C14H19N5O/c1-11(8-12-6-4-5-7-16-12)18-13(20)14(2,3)19-10-15-9-17-19/h4-7,9-11H,8H2,1-3H3,(H,18,20). The highest BCUT2D eigenvalue weighted by molar-refractivity contribution is 5.83. The van der Waals surface area contributed by atoms with E-state index in [0.717, 1.165) is 5.69 Å². The molecule has 0 spiro atoms. The Morgan fingerprint density at radius 1 is 1.45 bits per heavy atom. The molecule has 0 aliphatic rings. The van der Waals surface area contributed by atoms with Gasteiger partial charge >= 0.3 is 0 Å². The summed E-state index contributed by atoms with van der Waals surface area (Å²) >= 11 is 0. The summed E-state index contributed by atoms with van der Waals surface area (Å²) < 4.78 is 1.55. The Morgan fingerprint density at radius 3 is 2.85 bits per heavy atom. The summed E-state index contributed by atoms with van der Waals surface area (Å²) in [6.07, 6.45) is 5.42. The first-order valence-corrected chi connectivity index (χ1v) is 6.56. The SMILES string of the molecule is CC(Cc1ccccn1)NC(=O)C(C)(C)n1cncn1. The van der Waals surface area contributed by atoms with Gasteiger partial charge < -0.3 is 5.32 Å². The van der Waals surface area contributed by atoms with E-state index in [2.05, 4.69) is 20.4 Å². The molecule has 0 aliphatic carbocycles. The normalized spacial score (nSPS) is 12.9. The van der Waals surface area contributed by atoms with Crippen molar-refractivity contribution in [3.05, 3.63) is 42.7 Å². The molecule has 1 N–H and O–H groups in total. The predicted octanol–water partition coefficient (Wildman–Crippen LogP) is 1.16. The smallest absolute Gasteiger partial charge is 0.247 e. The molecule has 0 saturated heterocycles. The van der Waals surface area contributed by atoms with E-state index in [1.807, 2.05) is 39.0 Å². The van der Waals surface area contributed by atoms with Gasteiger partial charge in [0.25, 0.3) is 0 Å². The lowest BCUT2D eigenvalue weighted by Gasteiger charge is -2.25. The van der Waals surface area contributed by atoms with E-state index in [1.54, 1.807) is 17.2 Å². The molecule has 1 atom stereocenters. The highest BCUT2D eigenvalue weighted by Crippen LogP contribution is 2.13. The second-order valence-corrected chi connectivity index (χ2v) is 5.30. The van der Waals surface area contributed by atoms with Crippen molar-refractivity contribution >= 4 is 5.91 Å². The number of carbonyl (C=O) groups is 1. The molecule has 0 aliphatic heterocycles. The van der Waals surface area contributed by atoms with Gasteiger partial charge in [-0.2, -0.15) is 5.10 Å². The number of carbonyl (C=O) groups excluding carboxylic acids is 1. The van der Waals surface area contributed by atoms with Crippen LogP contribution in [0.15, 0.2) is 37.1 Å². The average molecular weight is 273 g/mol. The Bertz CT molecular complexity index is 550. The Morgan fingerprint density at radius 2 is 2.25 bits per heavy atom. The number of amides is 1. The molecule has 106 valence electrons. The van der Waals surface area contributed by atoms with Gasteiger partial charge in [-0.3, -0.25) is 9.78 Å². The van der Waals surface area contributed by atoms with Crippen molar-refractivity contribution in [3.8, 4) is 0 Å². The fraction of sp³-hybridized carbons (Fsp3) is 0.429. The second-order valence-electron chi connectivity index (χ2n) is 5.30. The van der Waals surface area contributed by atoms with E-state index >= 15 is 0 Å². The second kappa shape index (κ2) is 5.81. The molecule has 1 amide bonds. The highest BCUT2D eigenvalue weighted by atomic mass is 16.2. The van der Waals surface area contributed by atoms with Gasteiger partial charge in [0.15, 0.2) is 0 Å². The summed E-state index contributed by atoms with van der Waals surface area (Å²) in [7, 11) is 0. The molecule has 0 radical (unpaired) electrons. The summed E-state index contributed by atoms with van der Waals surface area (Å²) in [6.45, 7) is 5.58. The Labute approximate surface area is 118 Å². The van der Waals surface area contributed by atoms with Crippen molar-refractivity contribution in [2.75, 3.05) is 0 Å². The lowest BCUT2D eigenvalue weighted by atomic mass is 10.0. The van der Waals surface area contributed by atoms with E-state index in [9.17, 15) is 4.79 Å². The molecule has 0 bridgehead atoms. The third-order valence-corrected chi connectivity index (χ3v) is 3.17. The maximum atomic E-state index is 12.3. The summed E-state index contributed by atoms with van der Waals surface area (Å²) in [6, 6.07) is 5.77. The molecule has 2 rings (SSSR count). The minimum atomic E-state index is -0.769. The molecule has 2 heterocycles. The number of rotatable bonds is 5. The van der Waals surface area contributed by atoms with Crippen LogP contribution < -0.4 is 5.32 Å². The quantitative estimate of drug-likeness (QED) is 0.887. The number of hydrogen-bond acceptors (Lipinski definition) is 4. The van der Waals surface area contributed by atoms with Crippen molar-refractivity contribution in [2.45, 2.75) is 38.8 Å². The van der Waals surface area contributed by atoms with Crippen LogP contribution in [-0.2, 0) is 16.8 Å². The van der Waals surface area contributed by atoms with Crippen LogP contribution in [0.5, 0.6) is 0 Å². The van der Waals surface area contributed by atoms with E-state index in [4.69, 9.17) is 0 Å². The maximum absolute atomic E-state index is 12.3. The third-order valence-electron chi connectivity index (χ3n) is 3.17. The van der Waals surface area contributed by atoms with Gasteiger partial charge in [0, 0.05) is 24.4 Å². The molecule has 20 heavy (non-hydrogen) atoms. The Kier molecular flexibility index (Phi) is 4.12. The lowest BCUT2D eigenvalue weighted by Crippen LogP contribution is -2.48. The molecule has 1 unspecified atom stereocenters. The Hall–Kier alpha value is -2.24. The van der Waals surface area contributed by atoms with Crippen LogP contribution in [0.2, 0.25) is 0 Å². The monoisotopic (exact) mass is 273 g/mol. The summed E-state index contributed by atoms with van der Waals surface area (Å²) in [5.41, 5.74) is 0.188. The van der Waals surface area contributed by atoms with Gasteiger partial charge in [0.2, 0.25) is 5.91 Å². The molecule has 0 saturated carbocycles. The Balaban J connectivity index is 1.97. The van der Waals surface area contributed by atoms with Crippen LogP contribution in [0.1, 0.15) is 26.5 Å². The fourth-order valence-electron chi connectivity index (χ4n) is 1.88. The zero-order chi connectivity index (χ0) is 14.6. The number of pyridine rings is 1. The van der Waals surface area contributed by atoms with Crippen LogP contribution in [0.4, 0.5) is 0 Å². The largest absolute Gasteiger partial charge is 0.351 e. The van der Waals surface area contributed by atoms with Crippen LogP contribution in [-0.4, -0.2) is 31.7 Å². The van der Waals surface area contributed by atoms with Gasteiger partial charge in [-0.1, -0.05) is 6.07 Å². The van der Waals surface area contributed by atoms with Gasteiger partial charge in [-0.05, 0) is 32.9 Å². The van der Waals surface area contributed by atoms with Gasteiger partial charge in [-0.15, -0.1) is 0 Å². The molecule has 6 nitrogen and oxygen atoms in total. The highest BCUT2D eigenvalue weighted by Gasteiger charge is 2.31. The first-order valence-electron chi connectivity index (χ1n) is 6.56. The van der Waals surface area contributed by atoms with Crippen molar-refractivity contribution in [1.29, 1.82) is 0 Å². The molecular weight excluding hydrogens is 254 g/mol. The van der Waals surface area contributed by atoms with Crippen LogP contribution in [0.3, 0.4) is 0 Å². The molecule has 0 fully saturated rings. The third kappa shape index (κ3) is 3.20. The average Bonchev–Trinajstić information content (AvgIpc) is 2.94. The van der Waals surface area contributed by atoms with E-state index in [1.165, 1.54) is 6.33 Å². The first kappa shape index (κ1) is 14.2. The number of hydrogen-bond donors (Lipinski definition) is 1. The van der Waals surface area contributed by atoms with E-state index in [-0.39, 0.29) is 11.9 Å².